The predicted octanol–water partition coefficient (Wildman–Crippen LogP) is 1.78. The number of halogens is 2. The van der Waals surface area contributed by atoms with E-state index in [9.17, 15) is 13.9 Å². The molecule has 1 unspecified atom stereocenters. The molecule has 1 saturated heterocycles. The molecule has 3 nitrogen and oxygen atoms in total. The van der Waals surface area contributed by atoms with Gasteiger partial charge in [0, 0.05) is 38.8 Å². The average Bonchev–Trinajstić information content (AvgIpc) is 3.24. The van der Waals surface area contributed by atoms with E-state index in [4.69, 9.17) is 0 Å². The van der Waals surface area contributed by atoms with Gasteiger partial charge < -0.3 is 5.11 Å². The Morgan fingerprint density at radius 2 is 1.70 bits per heavy atom. The van der Waals surface area contributed by atoms with Gasteiger partial charge in [-0.15, -0.1) is 0 Å². The molecule has 110 valence electrons. The molecule has 1 aromatic carbocycles. The smallest absolute Gasteiger partial charge is 0.131 e. The maximum Gasteiger partial charge on any atom is 0.131 e. The van der Waals surface area contributed by atoms with Crippen molar-refractivity contribution in [2.45, 2.75) is 25.0 Å². The van der Waals surface area contributed by atoms with E-state index in [0.717, 1.165) is 32.2 Å². The first-order valence-electron chi connectivity index (χ1n) is 7.23. The van der Waals surface area contributed by atoms with Crippen molar-refractivity contribution in [3.63, 3.8) is 0 Å². The number of benzene rings is 1. The highest BCUT2D eigenvalue weighted by Crippen LogP contribution is 2.28. The Kier molecular flexibility index (Phi) is 4.01. The van der Waals surface area contributed by atoms with Gasteiger partial charge in [-0.05, 0) is 25.0 Å². The summed E-state index contributed by atoms with van der Waals surface area (Å²) in [5.41, 5.74) is -0.211. The summed E-state index contributed by atoms with van der Waals surface area (Å²) in [4.78, 5) is 4.54. The van der Waals surface area contributed by atoms with Gasteiger partial charge in [-0.25, -0.2) is 8.78 Å². The quantitative estimate of drug-likeness (QED) is 0.912. The number of hydrogen-bond donors (Lipinski definition) is 1. The summed E-state index contributed by atoms with van der Waals surface area (Å²) in [5.74, 6) is -1.34. The van der Waals surface area contributed by atoms with Crippen molar-refractivity contribution in [2.75, 3.05) is 32.7 Å². The van der Waals surface area contributed by atoms with Crippen LogP contribution in [-0.4, -0.2) is 53.7 Å². The van der Waals surface area contributed by atoms with Crippen LogP contribution in [0.25, 0.3) is 0 Å². The largest absolute Gasteiger partial charge is 0.387 e. The molecule has 20 heavy (non-hydrogen) atoms. The van der Waals surface area contributed by atoms with Crippen LogP contribution in [0.4, 0.5) is 8.78 Å². The van der Waals surface area contributed by atoms with E-state index in [1.54, 1.807) is 0 Å². The topological polar surface area (TPSA) is 26.7 Å². The molecule has 0 aromatic heterocycles. The van der Waals surface area contributed by atoms with E-state index in [1.807, 2.05) is 0 Å². The molecular formula is C15H20F2N2O. The SMILES string of the molecule is OC(CN1CCN(C2CC2)CC1)c1c(F)cccc1F. The molecule has 0 amide bonds. The number of β-amino-alcohol motifs (C(OH)–C–C–N with tert-alkyl or cyclic N) is 1. The van der Waals surface area contributed by atoms with E-state index >= 15 is 0 Å². The van der Waals surface area contributed by atoms with E-state index in [1.165, 1.54) is 31.0 Å². The molecule has 1 saturated carbocycles. The molecule has 1 aliphatic carbocycles. The summed E-state index contributed by atoms with van der Waals surface area (Å²) in [5, 5.41) is 10.1. The van der Waals surface area contributed by atoms with Crippen LogP contribution < -0.4 is 0 Å². The van der Waals surface area contributed by atoms with Gasteiger partial charge in [0.05, 0.1) is 11.7 Å². The maximum absolute atomic E-state index is 13.6. The van der Waals surface area contributed by atoms with Crippen LogP contribution in [-0.2, 0) is 0 Å². The zero-order chi connectivity index (χ0) is 14.1. The van der Waals surface area contributed by atoms with Crippen LogP contribution in [0.2, 0.25) is 0 Å². The third kappa shape index (κ3) is 3.00. The molecular weight excluding hydrogens is 262 g/mol. The van der Waals surface area contributed by atoms with Crippen LogP contribution in [0.5, 0.6) is 0 Å². The Bertz CT molecular complexity index is 451. The molecule has 1 aliphatic heterocycles. The van der Waals surface area contributed by atoms with E-state index < -0.39 is 17.7 Å². The average molecular weight is 282 g/mol. The van der Waals surface area contributed by atoms with Crippen molar-refractivity contribution < 1.29 is 13.9 Å². The molecule has 2 fully saturated rings. The first kappa shape index (κ1) is 13.9. The van der Waals surface area contributed by atoms with Gasteiger partial charge in [-0.1, -0.05) is 6.07 Å². The van der Waals surface area contributed by atoms with Crippen LogP contribution in [0.3, 0.4) is 0 Å². The molecule has 3 rings (SSSR count). The molecule has 5 heteroatoms. The number of nitrogens with zero attached hydrogens (tertiary/aromatic N) is 2. The van der Waals surface area contributed by atoms with E-state index in [2.05, 4.69) is 9.80 Å². The lowest BCUT2D eigenvalue weighted by molar-refractivity contribution is 0.0666. The Morgan fingerprint density at radius 3 is 2.25 bits per heavy atom. The predicted molar refractivity (Wildman–Crippen MR) is 72.4 cm³/mol. The highest BCUT2D eigenvalue weighted by molar-refractivity contribution is 5.22. The van der Waals surface area contributed by atoms with Crippen LogP contribution in [0.15, 0.2) is 18.2 Å². The zero-order valence-corrected chi connectivity index (χ0v) is 11.4. The third-order valence-corrected chi connectivity index (χ3v) is 4.23. The van der Waals surface area contributed by atoms with Crippen LogP contribution in [0, 0.1) is 11.6 Å². The minimum Gasteiger partial charge on any atom is -0.387 e. The van der Waals surface area contributed by atoms with Crippen molar-refractivity contribution in [1.82, 2.24) is 9.80 Å². The Labute approximate surface area is 117 Å². The Balaban J connectivity index is 1.57. The summed E-state index contributed by atoms with van der Waals surface area (Å²) < 4.78 is 27.2. The van der Waals surface area contributed by atoms with Gasteiger partial charge in [0.1, 0.15) is 11.6 Å². The molecule has 0 spiro atoms. The Morgan fingerprint density at radius 1 is 1.10 bits per heavy atom. The number of piperazine rings is 1. The minimum atomic E-state index is -1.11. The second-order valence-electron chi connectivity index (χ2n) is 5.72. The number of aliphatic hydroxyl groups is 1. The van der Waals surface area contributed by atoms with Gasteiger partial charge in [-0.2, -0.15) is 0 Å². The van der Waals surface area contributed by atoms with Crippen LogP contribution in [0.1, 0.15) is 24.5 Å². The summed E-state index contributed by atoms with van der Waals surface area (Å²) in [6.45, 7) is 3.96. The number of aliphatic hydroxyl groups excluding tert-OH is 1. The second kappa shape index (κ2) is 5.76. The van der Waals surface area contributed by atoms with Gasteiger partial charge >= 0.3 is 0 Å². The van der Waals surface area contributed by atoms with Gasteiger partial charge in [-0.3, -0.25) is 9.80 Å². The van der Waals surface area contributed by atoms with Gasteiger partial charge in [0.2, 0.25) is 0 Å². The second-order valence-corrected chi connectivity index (χ2v) is 5.72. The molecule has 1 heterocycles. The number of rotatable bonds is 4. The summed E-state index contributed by atoms with van der Waals surface area (Å²) in [6.07, 6.45) is 1.48. The Hall–Kier alpha value is -1.04. The van der Waals surface area contributed by atoms with Crippen molar-refractivity contribution in [1.29, 1.82) is 0 Å². The number of hydrogen-bond acceptors (Lipinski definition) is 3. The lowest BCUT2D eigenvalue weighted by atomic mass is 10.1. The monoisotopic (exact) mass is 282 g/mol. The molecule has 1 N–H and O–H groups in total. The maximum atomic E-state index is 13.6. The minimum absolute atomic E-state index is 0.211. The van der Waals surface area contributed by atoms with Crippen LogP contribution >= 0.6 is 0 Å². The molecule has 0 bridgehead atoms. The fraction of sp³-hybridized carbons (Fsp3) is 0.600. The van der Waals surface area contributed by atoms with Gasteiger partial charge in [0.25, 0.3) is 0 Å². The third-order valence-electron chi connectivity index (χ3n) is 4.23. The first-order valence-corrected chi connectivity index (χ1v) is 7.23. The van der Waals surface area contributed by atoms with Crippen molar-refractivity contribution in [3.8, 4) is 0 Å². The standard InChI is InChI=1S/C15H20F2N2O/c16-12-2-1-3-13(17)15(12)14(20)10-18-6-8-19(9-7-18)11-4-5-11/h1-3,11,14,20H,4-10H2. The molecule has 0 radical (unpaired) electrons. The van der Waals surface area contributed by atoms with E-state index in [0.29, 0.717) is 0 Å². The fourth-order valence-electron chi connectivity index (χ4n) is 2.92. The van der Waals surface area contributed by atoms with Crippen molar-refractivity contribution in [2.24, 2.45) is 0 Å². The van der Waals surface area contributed by atoms with Gasteiger partial charge in [0.15, 0.2) is 0 Å². The summed E-state index contributed by atoms with van der Waals surface area (Å²) in [6, 6.07) is 4.44. The van der Waals surface area contributed by atoms with Crippen molar-refractivity contribution in [3.05, 3.63) is 35.4 Å². The zero-order valence-electron chi connectivity index (χ0n) is 11.4. The normalized spacial score (nSPS) is 22.9. The van der Waals surface area contributed by atoms with Crippen molar-refractivity contribution >= 4 is 0 Å². The van der Waals surface area contributed by atoms with E-state index in [-0.39, 0.29) is 12.1 Å². The lowest BCUT2D eigenvalue weighted by Gasteiger charge is -2.35. The molecule has 1 atom stereocenters. The molecule has 2 aliphatic rings. The molecule has 1 aromatic rings. The highest BCUT2D eigenvalue weighted by Gasteiger charge is 2.31. The fourth-order valence-corrected chi connectivity index (χ4v) is 2.92. The first-order chi connectivity index (χ1) is 9.65. The highest BCUT2D eigenvalue weighted by atomic mass is 19.1. The summed E-state index contributed by atoms with van der Waals surface area (Å²) in [7, 11) is 0. The summed E-state index contributed by atoms with van der Waals surface area (Å²) >= 11 is 0. The lowest BCUT2D eigenvalue weighted by Crippen LogP contribution is -2.48.